The topological polar surface area (TPSA) is 72.0 Å². The highest BCUT2D eigenvalue weighted by Crippen LogP contribution is 2.40. The summed E-state index contributed by atoms with van der Waals surface area (Å²) in [6.45, 7) is 0.0998. The minimum absolute atomic E-state index is 0.0998. The Labute approximate surface area is 155 Å². The molecule has 26 heavy (non-hydrogen) atoms. The van der Waals surface area contributed by atoms with Gasteiger partial charge in [0.2, 0.25) is 0 Å². The van der Waals surface area contributed by atoms with E-state index in [4.69, 9.17) is 5.73 Å². The van der Waals surface area contributed by atoms with Crippen LogP contribution in [0.5, 0.6) is 0 Å². The molecule has 0 amide bonds. The normalized spacial score (nSPS) is 28.1. The van der Waals surface area contributed by atoms with Crippen molar-refractivity contribution >= 4 is 0 Å². The zero-order chi connectivity index (χ0) is 18.0. The quantitative estimate of drug-likeness (QED) is 0.868. The summed E-state index contributed by atoms with van der Waals surface area (Å²) in [7, 11) is 0. The van der Waals surface area contributed by atoms with Crippen LogP contribution >= 0.6 is 0 Å². The number of nitrogens with zero attached hydrogens (tertiary/aromatic N) is 2. The second-order valence-electron chi connectivity index (χ2n) is 8.38. The summed E-state index contributed by atoms with van der Waals surface area (Å²) in [5.41, 5.74) is 11.6. The lowest BCUT2D eigenvalue weighted by Gasteiger charge is -2.26. The van der Waals surface area contributed by atoms with Crippen LogP contribution < -0.4 is 5.73 Å². The lowest BCUT2D eigenvalue weighted by Crippen LogP contribution is -2.40. The van der Waals surface area contributed by atoms with Gasteiger partial charge in [0.05, 0.1) is 6.61 Å². The number of rotatable bonds is 5. The Balaban J connectivity index is 1.38. The van der Waals surface area contributed by atoms with E-state index in [0.717, 1.165) is 31.6 Å². The molecule has 0 saturated heterocycles. The summed E-state index contributed by atoms with van der Waals surface area (Å²) in [4.78, 5) is 8.22. The van der Waals surface area contributed by atoms with Crippen molar-refractivity contribution in [1.82, 2.24) is 9.97 Å². The Morgan fingerprint density at radius 1 is 1.15 bits per heavy atom. The number of fused-ring (bicyclic) bond motifs is 1. The number of benzene rings is 1. The van der Waals surface area contributed by atoms with Crippen LogP contribution in [-0.4, -0.2) is 27.2 Å². The molecule has 2 aromatic rings. The minimum atomic E-state index is -0.368. The molecule has 0 spiro atoms. The largest absolute Gasteiger partial charge is 0.394 e. The van der Waals surface area contributed by atoms with Crippen LogP contribution in [0.25, 0.3) is 0 Å². The van der Waals surface area contributed by atoms with Gasteiger partial charge in [0.25, 0.3) is 0 Å². The van der Waals surface area contributed by atoms with Crippen molar-refractivity contribution < 1.29 is 5.11 Å². The zero-order valence-electron chi connectivity index (χ0n) is 15.4. The maximum Gasteiger partial charge on any atom is 0.115 e. The molecule has 1 aromatic carbocycles. The summed E-state index contributed by atoms with van der Waals surface area (Å²) in [6, 6.07) is 7.07. The molecule has 1 heterocycles. The molecule has 0 aliphatic heterocycles. The molecule has 4 heteroatoms. The van der Waals surface area contributed by atoms with Crippen molar-refractivity contribution in [2.24, 2.45) is 11.7 Å². The number of hydrogen-bond donors (Lipinski definition) is 2. The fraction of sp³-hybridized carbons (Fsp3) is 0.545. The number of hydrogen-bond acceptors (Lipinski definition) is 4. The first-order valence-corrected chi connectivity index (χ1v) is 9.90. The molecule has 4 nitrogen and oxygen atoms in total. The average Bonchev–Trinajstić information content (AvgIpc) is 3.09. The van der Waals surface area contributed by atoms with E-state index in [9.17, 15) is 5.11 Å². The number of aryl methyl sites for hydroxylation is 2. The van der Waals surface area contributed by atoms with E-state index in [-0.39, 0.29) is 12.1 Å². The number of aromatic nitrogens is 2. The Kier molecular flexibility index (Phi) is 5.05. The molecule has 2 aliphatic carbocycles. The van der Waals surface area contributed by atoms with Crippen molar-refractivity contribution in [1.29, 1.82) is 0 Å². The monoisotopic (exact) mass is 351 g/mol. The van der Waals surface area contributed by atoms with Crippen LogP contribution in [0.1, 0.15) is 60.3 Å². The molecule has 138 valence electrons. The predicted octanol–water partition coefficient (Wildman–Crippen LogP) is 3.17. The van der Waals surface area contributed by atoms with Gasteiger partial charge in [-0.1, -0.05) is 18.2 Å². The Bertz CT molecular complexity index is 748. The lowest BCUT2D eigenvalue weighted by molar-refractivity contribution is 0.198. The Hall–Kier alpha value is -1.78. The maximum absolute atomic E-state index is 9.51. The van der Waals surface area contributed by atoms with Crippen LogP contribution in [-0.2, 0) is 19.3 Å². The van der Waals surface area contributed by atoms with Gasteiger partial charge in [-0.2, -0.15) is 0 Å². The molecule has 2 aliphatic rings. The van der Waals surface area contributed by atoms with Gasteiger partial charge in [0.15, 0.2) is 0 Å². The van der Waals surface area contributed by atoms with Crippen molar-refractivity contribution in [3.63, 3.8) is 0 Å². The maximum atomic E-state index is 9.51. The van der Waals surface area contributed by atoms with Gasteiger partial charge >= 0.3 is 0 Å². The van der Waals surface area contributed by atoms with E-state index in [1.165, 1.54) is 47.9 Å². The second kappa shape index (κ2) is 7.45. The third-order valence-electron chi connectivity index (χ3n) is 6.45. The first-order valence-electron chi connectivity index (χ1n) is 9.90. The van der Waals surface area contributed by atoms with Crippen LogP contribution in [0.3, 0.4) is 0 Å². The molecule has 3 N–H and O–H groups in total. The Morgan fingerprint density at radius 2 is 2.00 bits per heavy atom. The third kappa shape index (κ3) is 3.81. The molecule has 0 bridgehead atoms. The summed E-state index contributed by atoms with van der Waals surface area (Å²) in [5, 5.41) is 9.51. The minimum Gasteiger partial charge on any atom is -0.394 e. The third-order valence-corrected chi connectivity index (χ3v) is 6.45. The number of nitrogens with two attached hydrogens (primary N) is 1. The molecule has 1 saturated carbocycles. The van der Waals surface area contributed by atoms with E-state index in [0.29, 0.717) is 5.92 Å². The molecule has 3 atom stereocenters. The van der Waals surface area contributed by atoms with Crippen LogP contribution in [0.15, 0.2) is 36.9 Å². The fourth-order valence-electron chi connectivity index (χ4n) is 4.77. The van der Waals surface area contributed by atoms with Crippen molar-refractivity contribution in [3.05, 3.63) is 59.2 Å². The van der Waals surface area contributed by atoms with E-state index < -0.39 is 0 Å². The van der Waals surface area contributed by atoms with Gasteiger partial charge in [-0.15, -0.1) is 0 Å². The summed E-state index contributed by atoms with van der Waals surface area (Å²) < 4.78 is 0. The lowest BCUT2D eigenvalue weighted by atomic mass is 9.79. The van der Waals surface area contributed by atoms with E-state index in [1.807, 2.05) is 12.4 Å². The van der Waals surface area contributed by atoms with Crippen molar-refractivity contribution in [2.45, 2.75) is 62.8 Å². The molecule has 1 aromatic heterocycles. The number of aliphatic hydroxyl groups excluding tert-OH is 1. The molecular formula is C22H29N3O. The van der Waals surface area contributed by atoms with Crippen molar-refractivity contribution in [3.8, 4) is 0 Å². The zero-order valence-corrected chi connectivity index (χ0v) is 15.4. The Morgan fingerprint density at radius 3 is 2.77 bits per heavy atom. The van der Waals surface area contributed by atoms with Gasteiger partial charge in [-0.25, -0.2) is 9.97 Å². The molecular weight excluding hydrogens is 322 g/mol. The van der Waals surface area contributed by atoms with E-state index in [2.05, 4.69) is 28.2 Å². The van der Waals surface area contributed by atoms with Gasteiger partial charge in [0.1, 0.15) is 6.33 Å². The van der Waals surface area contributed by atoms with Crippen LogP contribution in [0, 0.1) is 5.92 Å². The first-order chi connectivity index (χ1) is 12.6. The molecule has 1 fully saturated rings. The highest BCUT2D eigenvalue weighted by atomic mass is 16.3. The predicted molar refractivity (Wildman–Crippen MR) is 103 cm³/mol. The SMILES string of the molecule is N[C@]1(CO)CC[C@H](c2ccc3c(c2)CC[C@H](CCc2cncnc2)C3)C1. The van der Waals surface area contributed by atoms with Crippen molar-refractivity contribution in [2.75, 3.05) is 6.61 Å². The summed E-state index contributed by atoms with van der Waals surface area (Å²) in [6.07, 6.45) is 14.3. The van der Waals surface area contributed by atoms with E-state index in [1.54, 1.807) is 6.33 Å². The molecule has 4 rings (SSSR count). The molecule has 0 unspecified atom stereocenters. The van der Waals surface area contributed by atoms with E-state index >= 15 is 0 Å². The summed E-state index contributed by atoms with van der Waals surface area (Å²) >= 11 is 0. The van der Waals surface area contributed by atoms with Gasteiger partial charge < -0.3 is 10.8 Å². The van der Waals surface area contributed by atoms with Crippen LogP contribution in [0.4, 0.5) is 0 Å². The standard InChI is InChI=1S/C22H29N3O/c23-22(14-26)8-7-21(11-22)20-6-5-18-9-16(3-4-19(18)10-20)1-2-17-12-24-15-25-13-17/h5-6,10,12-13,15-16,21,26H,1-4,7-9,11,14,23H2/t16-,21-,22+/m0/s1. The second-order valence-corrected chi connectivity index (χ2v) is 8.38. The average molecular weight is 351 g/mol. The number of aliphatic hydroxyl groups is 1. The fourth-order valence-corrected chi connectivity index (χ4v) is 4.77. The smallest absolute Gasteiger partial charge is 0.115 e. The van der Waals surface area contributed by atoms with Gasteiger partial charge in [0, 0.05) is 17.9 Å². The van der Waals surface area contributed by atoms with Crippen LogP contribution in [0.2, 0.25) is 0 Å². The van der Waals surface area contributed by atoms with Gasteiger partial charge in [-0.05, 0) is 85.5 Å². The first kappa shape index (κ1) is 17.6. The molecule has 0 radical (unpaired) electrons. The highest BCUT2D eigenvalue weighted by Gasteiger charge is 2.36. The summed E-state index contributed by atoms with van der Waals surface area (Å²) in [5.74, 6) is 1.26. The van der Waals surface area contributed by atoms with Gasteiger partial charge in [-0.3, -0.25) is 0 Å². The highest BCUT2D eigenvalue weighted by molar-refractivity contribution is 5.36.